The molecule has 5 nitrogen and oxygen atoms in total. The van der Waals surface area contributed by atoms with Crippen molar-refractivity contribution in [1.29, 1.82) is 0 Å². The Bertz CT molecular complexity index is 733. The first-order valence-electron chi connectivity index (χ1n) is 9.73. The summed E-state index contributed by atoms with van der Waals surface area (Å²) in [6.07, 6.45) is 0. The predicted octanol–water partition coefficient (Wildman–Crippen LogP) is 3.50. The van der Waals surface area contributed by atoms with Gasteiger partial charge in [0.05, 0.1) is 19.8 Å². The highest BCUT2D eigenvalue weighted by Gasteiger charge is 2.21. The molecule has 1 amide bonds. The zero-order valence-electron chi connectivity index (χ0n) is 16.3. The molecule has 1 aliphatic rings. The van der Waals surface area contributed by atoms with E-state index >= 15 is 0 Å². The fraction of sp³-hybridized carbons (Fsp3) is 0.409. The molecule has 0 bridgehead atoms. The maximum Gasteiger partial charge on any atom is 0.238 e. The Hall–Kier alpha value is -1.92. The SMILES string of the molecule is CC(CN1CCOCC1)N(CC(=O)Nc1ccc(Cl)cc1)Cc1ccccc1. The lowest BCUT2D eigenvalue weighted by molar-refractivity contribution is -0.118. The highest BCUT2D eigenvalue weighted by molar-refractivity contribution is 6.30. The van der Waals surface area contributed by atoms with Crippen molar-refractivity contribution in [3.05, 3.63) is 65.2 Å². The molecule has 0 spiro atoms. The lowest BCUT2D eigenvalue weighted by atomic mass is 10.1. The summed E-state index contributed by atoms with van der Waals surface area (Å²) < 4.78 is 5.45. The van der Waals surface area contributed by atoms with Crippen molar-refractivity contribution in [3.63, 3.8) is 0 Å². The third-order valence-electron chi connectivity index (χ3n) is 4.95. The number of hydrogen-bond donors (Lipinski definition) is 1. The minimum atomic E-state index is -0.0212. The number of halogens is 1. The number of carbonyl (C=O) groups excluding carboxylic acids is 1. The van der Waals surface area contributed by atoms with Crippen molar-refractivity contribution in [2.45, 2.75) is 19.5 Å². The van der Waals surface area contributed by atoms with Gasteiger partial charge in [-0.2, -0.15) is 0 Å². The molecule has 1 heterocycles. The smallest absolute Gasteiger partial charge is 0.238 e. The van der Waals surface area contributed by atoms with E-state index in [1.165, 1.54) is 5.56 Å². The number of ether oxygens (including phenoxy) is 1. The quantitative estimate of drug-likeness (QED) is 0.735. The fourth-order valence-electron chi connectivity index (χ4n) is 3.38. The largest absolute Gasteiger partial charge is 0.379 e. The van der Waals surface area contributed by atoms with E-state index in [2.05, 4.69) is 34.2 Å². The molecular weight excluding hydrogens is 374 g/mol. The molecular formula is C22H28ClN3O2. The number of anilines is 1. The molecule has 3 rings (SSSR count). The van der Waals surface area contributed by atoms with Crippen LogP contribution in [0.2, 0.25) is 5.02 Å². The summed E-state index contributed by atoms with van der Waals surface area (Å²) in [6, 6.07) is 17.7. The maximum atomic E-state index is 12.7. The van der Waals surface area contributed by atoms with E-state index in [0.717, 1.165) is 45.1 Å². The number of carbonyl (C=O) groups is 1. The van der Waals surface area contributed by atoms with Crippen LogP contribution in [-0.2, 0) is 16.1 Å². The summed E-state index contributed by atoms with van der Waals surface area (Å²) in [5, 5.41) is 3.63. The molecule has 0 aromatic heterocycles. The third-order valence-corrected chi connectivity index (χ3v) is 5.20. The number of nitrogens with zero attached hydrogens (tertiary/aromatic N) is 2. The molecule has 2 aromatic carbocycles. The van der Waals surface area contributed by atoms with Gasteiger partial charge in [-0.3, -0.25) is 14.6 Å². The number of benzene rings is 2. The van der Waals surface area contributed by atoms with Gasteiger partial charge in [-0.1, -0.05) is 41.9 Å². The van der Waals surface area contributed by atoms with Crippen LogP contribution in [0.5, 0.6) is 0 Å². The Morgan fingerprint density at radius 1 is 1.14 bits per heavy atom. The van der Waals surface area contributed by atoms with E-state index in [1.54, 1.807) is 12.1 Å². The molecule has 2 aromatic rings. The van der Waals surface area contributed by atoms with Gasteiger partial charge in [0.2, 0.25) is 5.91 Å². The Kier molecular flexibility index (Phi) is 7.86. The molecule has 1 saturated heterocycles. The van der Waals surface area contributed by atoms with E-state index in [4.69, 9.17) is 16.3 Å². The minimum Gasteiger partial charge on any atom is -0.379 e. The lowest BCUT2D eigenvalue weighted by Gasteiger charge is -2.34. The summed E-state index contributed by atoms with van der Waals surface area (Å²) in [7, 11) is 0. The Balaban J connectivity index is 1.63. The fourth-order valence-corrected chi connectivity index (χ4v) is 3.50. The van der Waals surface area contributed by atoms with Crippen LogP contribution in [0.1, 0.15) is 12.5 Å². The average Bonchev–Trinajstić information content (AvgIpc) is 2.71. The highest BCUT2D eigenvalue weighted by atomic mass is 35.5. The van der Waals surface area contributed by atoms with Crippen molar-refractivity contribution < 1.29 is 9.53 Å². The first kappa shape index (κ1) is 20.8. The topological polar surface area (TPSA) is 44.8 Å². The highest BCUT2D eigenvalue weighted by Crippen LogP contribution is 2.15. The first-order valence-corrected chi connectivity index (χ1v) is 10.1. The van der Waals surface area contributed by atoms with Crippen molar-refractivity contribution >= 4 is 23.2 Å². The van der Waals surface area contributed by atoms with Gasteiger partial charge >= 0.3 is 0 Å². The van der Waals surface area contributed by atoms with Crippen molar-refractivity contribution in [2.24, 2.45) is 0 Å². The number of hydrogen-bond acceptors (Lipinski definition) is 4. The molecule has 1 unspecified atom stereocenters. The molecule has 1 atom stereocenters. The zero-order valence-corrected chi connectivity index (χ0v) is 17.1. The van der Waals surface area contributed by atoms with Gasteiger partial charge < -0.3 is 10.1 Å². The molecule has 0 saturated carbocycles. The monoisotopic (exact) mass is 401 g/mol. The van der Waals surface area contributed by atoms with Gasteiger partial charge in [0.1, 0.15) is 0 Å². The van der Waals surface area contributed by atoms with E-state index < -0.39 is 0 Å². The lowest BCUT2D eigenvalue weighted by Crippen LogP contribution is -2.47. The Labute approximate surface area is 172 Å². The summed E-state index contributed by atoms with van der Waals surface area (Å²) in [6.45, 7) is 7.63. The number of nitrogens with one attached hydrogen (secondary N) is 1. The van der Waals surface area contributed by atoms with Crippen LogP contribution >= 0.6 is 11.6 Å². The van der Waals surface area contributed by atoms with Gasteiger partial charge in [0, 0.05) is 42.9 Å². The van der Waals surface area contributed by atoms with E-state index in [0.29, 0.717) is 11.6 Å². The maximum absolute atomic E-state index is 12.7. The number of amides is 1. The zero-order chi connectivity index (χ0) is 19.8. The molecule has 1 aliphatic heterocycles. The predicted molar refractivity (Wildman–Crippen MR) is 114 cm³/mol. The van der Waals surface area contributed by atoms with Crippen LogP contribution in [0.25, 0.3) is 0 Å². The standard InChI is InChI=1S/C22H28ClN3O2/c1-18(15-25-11-13-28-14-12-25)26(16-19-5-3-2-4-6-19)17-22(27)24-21-9-7-20(23)8-10-21/h2-10,18H,11-17H2,1H3,(H,24,27). The van der Waals surface area contributed by atoms with Crippen LogP contribution in [-0.4, -0.2) is 61.1 Å². The van der Waals surface area contributed by atoms with Gasteiger partial charge in [0.25, 0.3) is 0 Å². The molecule has 150 valence electrons. The average molecular weight is 402 g/mol. The van der Waals surface area contributed by atoms with Crippen molar-refractivity contribution in [1.82, 2.24) is 9.80 Å². The van der Waals surface area contributed by atoms with Crippen LogP contribution in [0, 0.1) is 0 Å². The number of morpholine rings is 1. The second-order valence-corrected chi connectivity index (χ2v) is 7.64. The third kappa shape index (κ3) is 6.60. The number of rotatable bonds is 8. The Morgan fingerprint density at radius 2 is 1.82 bits per heavy atom. The van der Waals surface area contributed by atoms with Crippen LogP contribution < -0.4 is 5.32 Å². The van der Waals surface area contributed by atoms with Gasteiger partial charge in [-0.25, -0.2) is 0 Å². The minimum absolute atomic E-state index is 0.0212. The van der Waals surface area contributed by atoms with Crippen LogP contribution in [0.15, 0.2) is 54.6 Å². The molecule has 1 N–H and O–H groups in total. The van der Waals surface area contributed by atoms with E-state index in [-0.39, 0.29) is 11.9 Å². The normalized spacial score (nSPS) is 16.1. The van der Waals surface area contributed by atoms with Crippen LogP contribution in [0.4, 0.5) is 5.69 Å². The van der Waals surface area contributed by atoms with Gasteiger partial charge in [-0.15, -0.1) is 0 Å². The Morgan fingerprint density at radius 3 is 2.50 bits per heavy atom. The summed E-state index contributed by atoms with van der Waals surface area (Å²) >= 11 is 5.92. The van der Waals surface area contributed by atoms with Crippen LogP contribution in [0.3, 0.4) is 0 Å². The van der Waals surface area contributed by atoms with E-state index in [9.17, 15) is 4.79 Å². The molecule has 6 heteroatoms. The van der Waals surface area contributed by atoms with Gasteiger partial charge in [0.15, 0.2) is 0 Å². The van der Waals surface area contributed by atoms with Gasteiger partial charge in [-0.05, 0) is 36.8 Å². The molecule has 1 fully saturated rings. The molecule has 28 heavy (non-hydrogen) atoms. The first-order chi connectivity index (χ1) is 13.6. The summed E-state index contributed by atoms with van der Waals surface area (Å²) in [5.74, 6) is -0.0212. The summed E-state index contributed by atoms with van der Waals surface area (Å²) in [5.41, 5.74) is 1.96. The molecule has 0 aliphatic carbocycles. The van der Waals surface area contributed by atoms with E-state index in [1.807, 2.05) is 30.3 Å². The van der Waals surface area contributed by atoms with Crippen molar-refractivity contribution in [3.8, 4) is 0 Å². The second kappa shape index (κ2) is 10.6. The van der Waals surface area contributed by atoms with Crippen molar-refractivity contribution in [2.75, 3.05) is 44.7 Å². The second-order valence-electron chi connectivity index (χ2n) is 7.21. The summed E-state index contributed by atoms with van der Waals surface area (Å²) in [4.78, 5) is 17.3. The molecule has 0 radical (unpaired) electrons.